The number of nitrogens with one attached hydrogen (secondary N) is 1. The van der Waals surface area contributed by atoms with Crippen LogP contribution in [0.5, 0.6) is 5.75 Å². The van der Waals surface area contributed by atoms with Crippen LogP contribution in [0, 0.1) is 0 Å². The van der Waals surface area contributed by atoms with Gasteiger partial charge in [0, 0.05) is 23.6 Å². The Morgan fingerprint density at radius 1 is 1.24 bits per heavy atom. The summed E-state index contributed by atoms with van der Waals surface area (Å²) in [5.74, 6) is 6.99. The molecule has 0 amide bonds. The van der Waals surface area contributed by atoms with E-state index < -0.39 is 0 Å². The summed E-state index contributed by atoms with van der Waals surface area (Å²) in [7, 11) is 1.64. The molecule has 0 radical (unpaired) electrons. The first-order valence-electron chi connectivity index (χ1n) is 7.30. The van der Waals surface area contributed by atoms with E-state index in [4.69, 9.17) is 15.3 Å². The molecule has 5 nitrogen and oxygen atoms in total. The zero-order valence-electron chi connectivity index (χ0n) is 12.7. The fourth-order valence-electron chi connectivity index (χ4n) is 2.19. The van der Waals surface area contributed by atoms with Crippen molar-refractivity contribution in [3.8, 4) is 5.75 Å². The Balaban J connectivity index is 2.14. The van der Waals surface area contributed by atoms with E-state index in [9.17, 15) is 0 Å². The first kappa shape index (κ1) is 15.5. The lowest BCUT2D eigenvalue weighted by atomic mass is 10.1. The minimum atomic E-state index is 0.512. The number of hydrogen-bond acceptors (Lipinski definition) is 5. The van der Waals surface area contributed by atoms with Crippen molar-refractivity contribution < 1.29 is 9.47 Å². The molecule has 1 heterocycles. The SMILES string of the molecule is CCCCCOCc1cc2ccc(OC)cc2nc1NN. The predicted octanol–water partition coefficient (Wildman–Crippen LogP) is 3.24. The summed E-state index contributed by atoms with van der Waals surface area (Å²) in [4.78, 5) is 4.52. The number of fused-ring (bicyclic) bond motifs is 1. The minimum absolute atomic E-state index is 0.512. The standard InChI is InChI=1S/C16H23N3O2/c1-3-4-5-8-21-11-13-9-12-6-7-14(20-2)10-15(12)18-16(13)19-17/h6-7,9-10H,3-5,8,11,17H2,1-2H3,(H,18,19). The zero-order chi connectivity index (χ0) is 15.1. The largest absolute Gasteiger partial charge is 0.497 e. The molecule has 0 aliphatic heterocycles. The van der Waals surface area contributed by atoms with Crippen LogP contribution in [0.2, 0.25) is 0 Å². The molecule has 0 bridgehead atoms. The number of nitrogen functional groups attached to an aromatic ring is 1. The third-order valence-corrected chi connectivity index (χ3v) is 3.39. The normalized spacial score (nSPS) is 10.8. The number of hydrazine groups is 1. The van der Waals surface area contributed by atoms with Crippen LogP contribution in [0.4, 0.5) is 5.82 Å². The number of benzene rings is 1. The van der Waals surface area contributed by atoms with Gasteiger partial charge in [-0.1, -0.05) is 19.8 Å². The summed E-state index contributed by atoms with van der Waals surface area (Å²) in [6.45, 7) is 3.45. The molecule has 2 aromatic rings. The van der Waals surface area contributed by atoms with E-state index in [0.29, 0.717) is 12.4 Å². The lowest BCUT2D eigenvalue weighted by Gasteiger charge is -2.11. The van der Waals surface area contributed by atoms with Gasteiger partial charge in [-0.05, 0) is 24.6 Å². The van der Waals surface area contributed by atoms with Gasteiger partial charge in [-0.25, -0.2) is 10.8 Å². The smallest absolute Gasteiger partial charge is 0.146 e. The lowest BCUT2D eigenvalue weighted by molar-refractivity contribution is 0.117. The number of nitrogens with two attached hydrogens (primary N) is 1. The highest BCUT2D eigenvalue weighted by atomic mass is 16.5. The van der Waals surface area contributed by atoms with Crippen LogP contribution in [-0.2, 0) is 11.3 Å². The molecule has 1 aromatic carbocycles. The van der Waals surface area contributed by atoms with Crippen molar-refractivity contribution in [1.29, 1.82) is 0 Å². The van der Waals surface area contributed by atoms with Gasteiger partial charge < -0.3 is 14.9 Å². The van der Waals surface area contributed by atoms with Gasteiger partial charge in [0.2, 0.25) is 0 Å². The molecule has 1 aromatic heterocycles. The second-order valence-corrected chi connectivity index (χ2v) is 4.96. The van der Waals surface area contributed by atoms with Crippen LogP contribution < -0.4 is 16.0 Å². The topological polar surface area (TPSA) is 69.4 Å². The molecule has 5 heteroatoms. The second kappa shape index (κ2) is 7.81. The summed E-state index contributed by atoms with van der Waals surface area (Å²) in [5, 5.41) is 1.04. The molecule has 0 atom stereocenters. The number of pyridine rings is 1. The molecular formula is C16H23N3O2. The first-order chi connectivity index (χ1) is 10.3. The highest BCUT2D eigenvalue weighted by Gasteiger charge is 2.07. The van der Waals surface area contributed by atoms with Crippen LogP contribution in [0.15, 0.2) is 24.3 Å². The van der Waals surface area contributed by atoms with Gasteiger partial charge in [-0.15, -0.1) is 0 Å². The van der Waals surface area contributed by atoms with Crippen molar-refractivity contribution in [2.75, 3.05) is 19.1 Å². The molecule has 0 saturated heterocycles. The Kier molecular flexibility index (Phi) is 5.78. The number of aromatic nitrogens is 1. The number of hydrogen-bond donors (Lipinski definition) is 2. The van der Waals surface area contributed by atoms with Crippen LogP contribution in [0.1, 0.15) is 31.7 Å². The van der Waals surface area contributed by atoms with E-state index in [1.54, 1.807) is 7.11 Å². The van der Waals surface area contributed by atoms with E-state index >= 15 is 0 Å². The molecule has 114 valence electrons. The number of ether oxygens (including phenoxy) is 2. The quantitative estimate of drug-likeness (QED) is 0.443. The predicted molar refractivity (Wildman–Crippen MR) is 85.3 cm³/mol. The average Bonchev–Trinajstić information content (AvgIpc) is 2.53. The van der Waals surface area contributed by atoms with Gasteiger partial charge in [0.05, 0.1) is 19.2 Å². The summed E-state index contributed by atoms with van der Waals surface area (Å²) in [6.07, 6.45) is 3.47. The van der Waals surface area contributed by atoms with Crippen molar-refractivity contribution in [2.24, 2.45) is 5.84 Å². The van der Waals surface area contributed by atoms with E-state index in [1.165, 1.54) is 12.8 Å². The van der Waals surface area contributed by atoms with Crippen molar-refractivity contribution in [3.63, 3.8) is 0 Å². The number of rotatable bonds is 8. The van der Waals surface area contributed by atoms with Crippen molar-refractivity contribution in [2.45, 2.75) is 32.8 Å². The molecule has 0 saturated carbocycles. The highest BCUT2D eigenvalue weighted by Crippen LogP contribution is 2.24. The Hall–Kier alpha value is -1.85. The Bertz CT molecular complexity index is 587. The van der Waals surface area contributed by atoms with Crippen molar-refractivity contribution >= 4 is 16.7 Å². The summed E-state index contributed by atoms with van der Waals surface area (Å²) >= 11 is 0. The van der Waals surface area contributed by atoms with Crippen LogP contribution in [0.25, 0.3) is 10.9 Å². The maximum atomic E-state index is 5.70. The van der Waals surface area contributed by atoms with E-state index in [1.807, 2.05) is 18.2 Å². The molecule has 0 aliphatic carbocycles. The fourth-order valence-corrected chi connectivity index (χ4v) is 2.19. The molecule has 2 rings (SSSR count). The Morgan fingerprint density at radius 3 is 2.81 bits per heavy atom. The molecule has 0 fully saturated rings. The lowest BCUT2D eigenvalue weighted by Crippen LogP contribution is -2.12. The van der Waals surface area contributed by atoms with Gasteiger partial charge >= 0.3 is 0 Å². The van der Waals surface area contributed by atoms with Crippen LogP contribution in [-0.4, -0.2) is 18.7 Å². The summed E-state index contributed by atoms with van der Waals surface area (Å²) in [6, 6.07) is 7.85. The third-order valence-electron chi connectivity index (χ3n) is 3.39. The second-order valence-electron chi connectivity index (χ2n) is 4.96. The zero-order valence-corrected chi connectivity index (χ0v) is 12.7. The van der Waals surface area contributed by atoms with E-state index in [0.717, 1.165) is 35.2 Å². The number of anilines is 1. The first-order valence-corrected chi connectivity index (χ1v) is 7.30. The Labute approximate surface area is 125 Å². The monoisotopic (exact) mass is 289 g/mol. The van der Waals surface area contributed by atoms with Gasteiger partial charge in [-0.3, -0.25) is 0 Å². The summed E-state index contributed by atoms with van der Waals surface area (Å²) in [5.41, 5.74) is 4.45. The van der Waals surface area contributed by atoms with E-state index in [2.05, 4.69) is 23.4 Å². The van der Waals surface area contributed by atoms with Gasteiger partial charge in [0.25, 0.3) is 0 Å². The van der Waals surface area contributed by atoms with Crippen LogP contribution in [0.3, 0.4) is 0 Å². The number of methoxy groups -OCH3 is 1. The van der Waals surface area contributed by atoms with E-state index in [-0.39, 0.29) is 0 Å². The van der Waals surface area contributed by atoms with Gasteiger partial charge in [0.1, 0.15) is 11.6 Å². The maximum absolute atomic E-state index is 5.70. The fraction of sp³-hybridized carbons (Fsp3) is 0.438. The molecular weight excluding hydrogens is 266 g/mol. The highest BCUT2D eigenvalue weighted by molar-refractivity contribution is 5.83. The van der Waals surface area contributed by atoms with Crippen LogP contribution >= 0.6 is 0 Å². The third kappa shape index (κ3) is 4.06. The molecule has 0 unspecified atom stereocenters. The molecule has 0 spiro atoms. The molecule has 0 aliphatic rings. The van der Waals surface area contributed by atoms with Gasteiger partial charge in [0.15, 0.2) is 0 Å². The minimum Gasteiger partial charge on any atom is -0.497 e. The Morgan fingerprint density at radius 2 is 2.10 bits per heavy atom. The average molecular weight is 289 g/mol. The molecule has 21 heavy (non-hydrogen) atoms. The van der Waals surface area contributed by atoms with Crippen molar-refractivity contribution in [3.05, 3.63) is 29.8 Å². The van der Waals surface area contributed by atoms with Crippen molar-refractivity contribution in [1.82, 2.24) is 4.98 Å². The maximum Gasteiger partial charge on any atom is 0.146 e. The number of nitrogens with zero attached hydrogens (tertiary/aromatic N) is 1. The summed E-state index contributed by atoms with van der Waals surface area (Å²) < 4.78 is 10.9. The molecule has 3 N–H and O–H groups in total. The number of unbranched alkanes of at least 4 members (excludes halogenated alkanes) is 2. The van der Waals surface area contributed by atoms with Gasteiger partial charge in [-0.2, -0.15) is 0 Å².